The molecule has 2 amide bonds. The van der Waals surface area contributed by atoms with E-state index in [9.17, 15) is 9.59 Å². The summed E-state index contributed by atoms with van der Waals surface area (Å²) in [5, 5.41) is 12.0. The molecule has 0 bridgehead atoms. The fourth-order valence-electron chi connectivity index (χ4n) is 2.07. The molecule has 6 nitrogen and oxygen atoms in total. The van der Waals surface area contributed by atoms with Gasteiger partial charge in [0.15, 0.2) is 0 Å². The summed E-state index contributed by atoms with van der Waals surface area (Å²) in [5.41, 5.74) is 0.469. The molecule has 1 fully saturated rings. The predicted octanol–water partition coefficient (Wildman–Crippen LogP) is 2.81. The number of morpholine rings is 1. The van der Waals surface area contributed by atoms with Gasteiger partial charge in [0, 0.05) is 11.0 Å². The molecule has 8 heteroatoms. The van der Waals surface area contributed by atoms with Crippen LogP contribution in [-0.2, 0) is 9.53 Å². The third kappa shape index (κ3) is 4.33. The van der Waals surface area contributed by atoms with E-state index in [1.807, 2.05) is 0 Å². The van der Waals surface area contributed by atoms with E-state index in [-0.39, 0.29) is 19.1 Å². The van der Waals surface area contributed by atoms with E-state index in [4.69, 9.17) is 21.4 Å². The van der Waals surface area contributed by atoms with Crippen LogP contribution in [0.1, 0.15) is 6.42 Å². The average Bonchev–Trinajstić information content (AvgIpc) is 2.42. The van der Waals surface area contributed by atoms with Gasteiger partial charge in [-0.2, -0.15) is 0 Å². The Hall–Kier alpha value is -1.31. The molecule has 0 aromatic heterocycles. The summed E-state index contributed by atoms with van der Waals surface area (Å²) in [6.07, 6.45) is -0.153. The molecule has 0 saturated carbocycles. The van der Waals surface area contributed by atoms with Crippen molar-refractivity contribution in [1.29, 1.82) is 0 Å². The van der Waals surface area contributed by atoms with Gasteiger partial charge in [0.2, 0.25) is 0 Å². The van der Waals surface area contributed by atoms with Crippen LogP contribution >= 0.6 is 27.5 Å². The lowest BCUT2D eigenvalue weighted by Crippen LogP contribution is -2.51. The number of carboxylic acids is 1. The number of benzene rings is 1. The fraction of sp³-hybridized carbons (Fsp3) is 0.385. The van der Waals surface area contributed by atoms with Crippen molar-refractivity contribution >= 4 is 45.2 Å². The molecular formula is C13H14BrClN2O4. The van der Waals surface area contributed by atoms with Gasteiger partial charge in [-0.1, -0.05) is 27.5 Å². The average molecular weight is 378 g/mol. The predicted molar refractivity (Wildman–Crippen MR) is 81.7 cm³/mol. The molecule has 1 unspecified atom stereocenters. The number of halogens is 2. The van der Waals surface area contributed by atoms with Crippen LogP contribution in [0.25, 0.3) is 0 Å². The van der Waals surface area contributed by atoms with E-state index in [0.29, 0.717) is 23.9 Å². The van der Waals surface area contributed by atoms with Gasteiger partial charge >= 0.3 is 12.0 Å². The Bertz CT molecular complexity index is 555. The second-order valence-corrected chi connectivity index (χ2v) is 5.90. The summed E-state index contributed by atoms with van der Waals surface area (Å²) in [5.74, 6) is -0.969. The van der Waals surface area contributed by atoms with E-state index in [0.717, 1.165) is 4.47 Å². The Morgan fingerprint density at radius 3 is 3.00 bits per heavy atom. The number of hydrogen-bond donors (Lipinski definition) is 2. The second-order valence-electron chi connectivity index (χ2n) is 4.57. The van der Waals surface area contributed by atoms with Crippen LogP contribution in [0.2, 0.25) is 5.02 Å². The van der Waals surface area contributed by atoms with Crippen LogP contribution in [0.4, 0.5) is 10.5 Å². The lowest BCUT2D eigenvalue weighted by atomic mass is 10.1. The van der Waals surface area contributed by atoms with E-state index in [1.165, 1.54) is 4.90 Å². The normalized spacial score (nSPS) is 18.4. The van der Waals surface area contributed by atoms with Gasteiger partial charge in [-0.15, -0.1) is 0 Å². The number of rotatable bonds is 3. The maximum atomic E-state index is 12.3. The molecule has 0 spiro atoms. The number of nitrogens with one attached hydrogen (secondary N) is 1. The highest BCUT2D eigenvalue weighted by molar-refractivity contribution is 9.10. The van der Waals surface area contributed by atoms with Crippen molar-refractivity contribution in [3.63, 3.8) is 0 Å². The first-order valence-electron chi connectivity index (χ1n) is 6.29. The topological polar surface area (TPSA) is 78.9 Å². The number of nitrogens with zero attached hydrogens (tertiary/aromatic N) is 1. The third-order valence-corrected chi connectivity index (χ3v) is 3.89. The van der Waals surface area contributed by atoms with Crippen molar-refractivity contribution in [3.8, 4) is 0 Å². The number of anilines is 1. The molecule has 1 aliphatic heterocycles. The SMILES string of the molecule is O=C(O)CC1COCCN1C(=O)Nc1cc(Br)ccc1Cl. The number of hydrogen-bond acceptors (Lipinski definition) is 3. The molecule has 1 heterocycles. The molecule has 1 atom stereocenters. The Kier molecular flexibility index (Phi) is 5.44. The van der Waals surface area contributed by atoms with Gasteiger partial charge in [-0.05, 0) is 18.2 Å². The number of carboxylic acid groups (broad SMARTS) is 1. The smallest absolute Gasteiger partial charge is 0.322 e. The van der Waals surface area contributed by atoms with Crippen molar-refractivity contribution in [2.24, 2.45) is 0 Å². The number of urea groups is 1. The van der Waals surface area contributed by atoms with E-state index >= 15 is 0 Å². The van der Waals surface area contributed by atoms with Gasteiger partial charge in [0.25, 0.3) is 0 Å². The molecule has 2 rings (SSSR count). The lowest BCUT2D eigenvalue weighted by molar-refractivity contribution is -0.139. The van der Waals surface area contributed by atoms with Crippen LogP contribution in [0.3, 0.4) is 0 Å². The first-order valence-corrected chi connectivity index (χ1v) is 7.46. The highest BCUT2D eigenvalue weighted by Gasteiger charge is 2.29. The number of aliphatic carboxylic acids is 1. The maximum Gasteiger partial charge on any atom is 0.322 e. The molecule has 1 aromatic rings. The first kappa shape index (κ1) is 16.1. The van der Waals surface area contributed by atoms with Crippen LogP contribution in [0, 0.1) is 0 Å². The molecule has 0 radical (unpaired) electrons. The molecule has 1 aliphatic rings. The van der Waals surface area contributed by atoms with Crippen LogP contribution in [0.5, 0.6) is 0 Å². The zero-order valence-corrected chi connectivity index (χ0v) is 13.4. The van der Waals surface area contributed by atoms with Gasteiger partial charge < -0.3 is 20.1 Å². The molecule has 114 valence electrons. The maximum absolute atomic E-state index is 12.3. The Morgan fingerprint density at radius 2 is 2.29 bits per heavy atom. The van der Waals surface area contributed by atoms with E-state index in [1.54, 1.807) is 18.2 Å². The number of carbonyl (C=O) groups excluding carboxylic acids is 1. The summed E-state index contributed by atoms with van der Waals surface area (Å²) >= 11 is 9.33. The number of carbonyl (C=O) groups is 2. The van der Waals surface area contributed by atoms with Crippen LogP contribution < -0.4 is 5.32 Å². The summed E-state index contributed by atoms with van der Waals surface area (Å²) in [6, 6.07) is 4.24. The Morgan fingerprint density at radius 1 is 1.52 bits per heavy atom. The molecule has 2 N–H and O–H groups in total. The standard InChI is InChI=1S/C13H14BrClN2O4/c14-8-1-2-10(15)11(5-8)16-13(20)17-3-4-21-7-9(17)6-12(18)19/h1-2,5,9H,3-4,6-7H2,(H,16,20)(H,18,19). The van der Waals surface area contributed by atoms with Crippen molar-refractivity contribution < 1.29 is 19.4 Å². The quantitative estimate of drug-likeness (QED) is 0.849. The van der Waals surface area contributed by atoms with Crippen LogP contribution in [-0.4, -0.2) is 47.8 Å². The summed E-state index contributed by atoms with van der Waals surface area (Å²) in [6.45, 7) is 0.942. The van der Waals surface area contributed by atoms with Crippen molar-refractivity contribution in [2.75, 3.05) is 25.1 Å². The minimum Gasteiger partial charge on any atom is -0.481 e. The molecular weight excluding hydrogens is 364 g/mol. The Labute approximate surface area is 135 Å². The summed E-state index contributed by atoms with van der Waals surface area (Å²) in [4.78, 5) is 24.6. The first-order chi connectivity index (χ1) is 9.97. The van der Waals surface area contributed by atoms with Gasteiger partial charge in [-0.3, -0.25) is 4.79 Å². The zero-order valence-electron chi connectivity index (χ0n) is 11.0. The van der Waals surface area contributed by atoms with Crippen molar-refractivity contribution in [1.82, 2.24) is 4.90 Å². The van der Waals surface area contributed by atoms with Crippen LogP contribution in [0.15, 0.2) is 22.7 Å². The summed E-state index contributed by atoms with van der Waals surface area (Å²) in [7, 11) is 0. The van der Waals surface area contributed by atoms with E-state index < -0.39 is 12.0 Å². The summed E-state index contributed by atoms with van der Waals surface area (Å²) < 4.78 is 6.02. The molecule has 21 heavy (non-hydrogen) atoms. The minimum absolute atomic E-state index is 0.153. The second kappa shape index (κ2) is 7.11. The highest BCUT2D eigenvalue weighted by Crippen LogP contribution is 2.26. The lowest BCUT2D eigenvalue weighted by Gasteiger charge is -2.34. The van der Waals surface area contributed by atoms with Gasteiger partial charge in [0.05, 0.1) is 36.4 Å². The third-order valence-electron chi connectivity index (χ3n) is 3.07. The fourth-order valence-corrected chi connectivity index (χ4v) is 2.60. The van der Waals surface area contributed by atoms with Crippen molar-refractivity contribution in [2.45, 2.75) is 12.5 Å². The molecule has 0 aliphatic carbocycles. The Balaban J connectivity index is 2.10. The minimum atomic E-state index is -0.969. The van der Waals surface area contributed by atoms with Gasteiger partial charge in [0.1, 0.15) is 0 Å². The van der Waals surface area contributed by atoms with Crippen molar-refractivity contribution in [3.05, 3.63) is 27.7 Å². The molecule has 1 aromatic carbocycles. The highest BCUT2D eigenvalue weighted by atomic mass is 79.9. The largest absolute Gasteiger partial charge is 0.481 e. The number of amides is 2. The van der Waals surface area contributed by atoms with Gasteiger partial charge in [-0.25, -0.2) is 4.79 Å². The molecule has 1 saturated heterocycles. The van der Waals surface area contributed by atoms with E-state index in [2.05, 4.69) is 21.2 Å². The zero-order chi connectivity index (χ0) is 15.4. The monoisotopic (exact) mass is 376 g/mol. The number of ether oxygens (including phenoxy) is 1.